The highest BCUT2D eigenvalue weighted by atomic mass is 16.1. The number of unbranched alkanes of at least 4 members (excludes halogenated alkanes) is 4. The predicted octanol–water partition coefficient (Wildman–Crippen LogP) is 3.07. The van der Waals surface area contributed by atoms with Gasteiger partial charge < -0.3 is 14.5 Å². The standard InChI is InChI=1S/C9H21N.C5H8O2/c1-4-5-6-7-8-9-10(2)3;1-5(7)3-2-4-6/h4-9H2,1-3H3;4H,2-3H2,1H3. The van der Waals surface area contributed by atoms with Crippen LogP contribution in [0.1, 0.15) is 58.8 Å². The Morgan fingerprint density at radius 2 is 1.71 bits per heavy atom. The molecule has 0 heterocycles. The third kappa shape index (κ3) is 25.5. The molecule has 0 amide bonds. The average molecular weight is 243 g/mol. The molecule has 0 aromatic heterocycles. The quantitative estimate of drug-likeness (QED) is 0.461. The van der Waals surface area contributed by atoms with Crippen molar-refractivity contribution in [2.24, 2.45) is 0 Å². The Kier molecular flexibility index (Phi) is 16.8. The van der Waals surface area contributed by atoms with Gasteiger partial charge in [0.25, 0.3) is 0 Å². The van der Waals surface area contributed by atoms with Crippen molar-refractivity contribution in [3.63, 3.8) is 0 Å². The Morgan fingerprint density at radius 3 is 2.06 bits per heavy atom. The summed E-state index contributed by atoms with van der Waals surface area (Å²) in [5, 5.41) is 0. The van der Waals surface area contributed by atoms with Crippen LogP contribution < -0.4 is 0 Å². The van der Waals surface area contributed by atoms with E-state index in [4.69, 9.17) is 0 Å². The van der Waals surface area contributed by atoms with Gasteiger partial charge in [-0.1, -0.05) is 32.6 Å². The lowest BCUT2D eigenvalue weighted by atomic mass is 10.1. The lowest BCUT2D eigenvalue weighted by Crippen LogP contribution is -2.12. The van der Waals surface area contributed by atoms with Crippen molar-refractivity contribution in [3.8, 4) is 0 Å². The number of aldehydes is 1. The summed E-state index contributed by atoms with van der Waals surface area (Å²) >= 11 is 0. The third-order valence-corrected chi connectivity index (χ3v) is 2.32. The van der Waals surface area contributed by atoms with Crippen LogP contribution in [0.4, 0.5) is 0 Å². The second-order valence-corrected chi connectivity index (χ2v) is 4.62. The molecular weight excluding hydrogens is 214 g/mol. The van der Waals surface area contributed by atoms with Gasteiger partial charge in [-0.25, -0.2) is 0 Å². The number of ketones is 1. The molecule has 0 saturated carbocycles. The van der Waals surface area contributed by atoms with Crippen LogP contribution in [0.3, 0.4) is 0 Å². The first-order chi connectivity index (χ1) is 8.04. The highest BCUT2D eigenvalue weighted by molar-refractivity contribution is 5.77. The summed E-state index contributed by atoms with van der Waals surface area (Å²) in [6.07, 6.45) is 8.47. The molecule has 0 atom stereocenters. The van der Waals surface area contributed by atoms with E-state index >= 15 is 0 Å². The fourth-order valence-corrected chi connectivity index (χ4v) is 1.29. The van der Waals surface area contributed by atoms with Crippen molar-refractivity contribution >= 4 is 12.1 Å². The summed E-state index contributed by atoms with van der Waals surface area (Å²) in [4.78, 5) is 21.9. The minimum absolute atomic E-state index is 0.0760. The fraction of sp³-hybridized carbons (Fsp3) is 0.857. The van der Waals surface area contributed by atoms with Gasteiger partial charge in [0.1, 0.15) is 12.1 Å². The van der Waals surface area contributed by atoms with Crippen LogP contribution in [0.25, 0.3) is 0 Å². The van der Waals surface area contributed by atoms with Crippen LogP contribution in [0.5, 0.6) is 0 Å². The van der Waals surface area contributed by atoms with Gasteiger partial charge in [-0.2, -0.15) is 0 Å². The summed E-state index contributed by atoms with van der Waals surface area (Å²) in [5.41, 5.74) is 0. The fourth-order valence-electron chi connectivity index (χ4n) is 1.29. The molecule has 0 aliphatic heterocycles. The van der Waals surface area contributed by atoms with Gasteiger partial charge in [0.15, 0.2) is 0 Å². The summed E-state index contributed by atoms with van der Waals surface area (Å²) in [6.45, 7) is 4.99. The predicted molar refractivity (Wildman–Crippen MR) is 73.3 cm³/mol. The summed E-state index contributed by atoms with van der Waals surface area (Å²) in [5.74, 6) is 0.0760. The largest absolute Gasteiger partial charge is 0.309 e. The van der Waals surface area contributed by atoms with E-state index < -0.39 is 0 Å². The Labute approximate surface area is 107 Å². The van der Waals surface area contributed by atoms with Crippen LogP contribution >= 0.6 is 0 Å². The normalized spacial score (nSPS) is 9.71. The molecule has 0 radical (unpaired) electrons. The minimum atomic E-state index is 0.0760. The zero-order valence-electron chi connectivity index (χ0n) is 12.0. The second-order valence-electron chi connectivity index (χ2n) is 4.62. The monoisotopic (exact) mass is 243 g/mol. The van der Waals surface area contributed by atoms with Crippen LogP contribution in [0, 0.1) is 0 Å². The lowest BCUT2D eigenvalue weighted by molar-refractivity contribution is -0.118. The van der Waals surface area contributed by atoms with Crippen LogP contribution in [-0.2, 0) is 9.59 Å². The Balaban J connectivity index is 0. The number of Topliss-reactive ketones (excluding diaryl/α,β-unsaturated/α-hetero) is 1. The van der Waals surface area contributed by atoms with Gasteiger partial charge in [0.05, 0.1) is 0 Å². The van der Waals surface area contributed by atoms with E-state index in [0.717, 1.165) is 6.29 Å². The first-order valence-electron chi connectivity index (χ1n) is 6.62. The van der Waals surface area contributed by atoms with Crippen molar-refractivity contribution in [1.29, 1.82) is 0 Å². The number of carbonyl (C=O) groups excluding carboxylic acids is 2. The van der Waals surface area contributed by atoms with E-state index in [9.17, 15) is 9.59 Å². The van der Waals surface area contributed by atoms with Crippen LogP contribution in [-0.4, -0.2) is 37.6 Å². The zero-order valence-corrected chi connectivity index (χ0v) is 12.0. The topological polar surface area (TPSA) is 37.4 Å². The van der Waals surface area contributed by atoms with Crippen molar-refractivity contribution in [1.82, 2.24) is 4.90 Å². The van der Waals surface area contributed by atoms with E-state index in [1.807, 2.05) is 0 Å². The zero-order chi connectivity index (χ0) is 13.5. The molecule has 0 rings (SSSR count). The first-order valence-corrected chi connectivity index (χ1v) is 6.62. The number of nitrogens with zero attached hydrogens (tertiary/aromatic N) is 1. The van der Waals surface area contributed by atoms with Gasteiger partial charge in [0, 0.05) is 12.8 Å². The molecule has 0 spiro atoms. The maximum atomic E-state index is 10.0. The Bertz CT molecular complexity index is 179. The summed E-state index contributed by atoms with van der Waals surface area (Å²) in [6, 6.07) is 0. The van der Waals surface area contributed by atoms with E-state index in [1.54, 1.807) is 0 Å². The Hall–Kier alpha value is -0.700. The molecular formula is C14H29NO2. The highest BCUT2D eigenvalue weighted by Gasteiger charge is 1.90. The molecule has 0 fully saturated rings. The van der Waals surface area contributed by atoms with E-state index in [-0.39, 0.29) is 5.78 Å². The lowest BCUT2D eigenvalue weighted by Gasteiger charge is -2.07. The Morgan fingerprint density at radius 1 is 1.12 bits per heavy atom. The maximum absolute atomic E-state index is 10.0. The van der Waals surface area contributed by atoms with Crippen molar-refractivity contribution in [2.45, 2.75) is 58.8 Å². The smallest absolute Gasteiger partial charge is 0.130 e. The molecule has 0 unspecified atom stereocenters. The molecule has 17 heavy (non-hydrogen) atoms. The van der Waals surface area contributed by atoms with Gasteiger partial charge >= 0.3 is 0 Å². The molecule has 0 aliphatic carbocycles. The van der Waals surface area contributed by atoms with Gasteiger partial charge in [-0.3, -0.25) is 0 Å². The van der Waals surface area contributed by atoms with Crippen molar-refractivity contribution < 1.29 is 9.59 Å². The molecule has 3 nitrogen and oxygen atoms in total. The number of hydrogen-bond acceptors (Lipinski definition) is 3. The van der Waals surface area contributed by atoms with Crippen molar-refractivity contribution in [3.05, 3.63) is 0 Å². The first kappa shape index (κ1) is 18.7. The van der Waals surface area contributed by atoms with Gasteiger partial charge in [-0.15, -0.1) is 0 Å². The van der Waals surface area contributed by atoms with Gasteiger partial charge in [-0.05, 0) is 34.0 Å². The molecule has 102 valence electrons. The molecule has 0 saturated heterocycles. The molecule has 3 heteroatoms. The molecule has 0 bridgehead atoms. The summed E-state index contributed by atoms with van der Waals surface area (Å²) < 4.78 is 0. The summed E-state index contributed by atoms with van der Waals surface area (Å²) in [7, 11) is 4.28. The number of carbonyl (C=O) groups is 2. The molecule has 0 N–H and O–H groups in total. The number of rotatable bonds is 9. The van der Waals surface area contributed by atoms with Crippen LogP contribution in [0.15, 0.2) is 0 Å². The van der Waals surface area contributed by atoms with E-state index in [0.29, 0.717) is 12.8 Å². The van der Waals surface area contributed by atoms with Gasteiger partial charge in [0.2, 0.25) is 0 Å². The van der Waals surface area contributed by atoms with Crippen molar-refractivity contribution in [2.75, 3.05) is 20.6 Å². The molecule has 0 aromatic carbocycles. The molecule has 0 aliphatic rings. The number of hydrogen-bond donors (Lipinski definition) is 0. The van der Waals surface area contributed by atoms with E-state index in [2.05, 4.69) is 25.9 Å². The SMILES string of the molecule is CC(=O)CCC=O.CCCCCCCN(C)C. The van der Waals surface area contributed by atoms with Crippen LogP contribution in [0.2, 0.25) is 0 Å². The second kappa shape index (κ2) is 15.3. The average Bonchev–Trinajstić information content (AvgIpc) is 2.26. The maximum Gasteiger partial charge on any atom is 0.130 e. The third-order valence-electron chi connectivity index (χ3n) is 2.32. The molecule has 0 aromatic rings. The minimum Gasteiger partial charge on any atom is -0.309 e. The highest BCUT2D eigenvalue weighted by Crippen LogP contribution is 2.01. The van der Waals surface area contributed by atoms with E-state index in [1.165, 1.54) is 45.6 Å².